The Morgan fingerprint density at radius 2 is 2.11 bits per heavy atom. The molecule has 4 heteroatoms. The van der Waals surface area contributed by atoms with Crippen molar-refractivity contribution in [3.8, 4) is 5.88 Å². The number of hydrogen-bond donors (Lipinski definition) is 2. The topological polar surface area (TPSA) is 68.1 Å². The van der Waals surface area contributed by atoms with Crippen molar-refractivity contribution in [1.82, 2.24) is 4.98 Å². The van der Waals surface area contributed by atoms with Crippen LogP contribution in [0.3, 0.4) is 0 Å². The highest BCUT2D eigenvalue weighted by atomic mass is 16.5. The molecule has 2 unspecified atom stereocenters. The van der Waals surface area contributed by atoms with Crippen LogP contribution in [0.25, 0.3) is 10.8 Å². The van der Waals surface area contributed by atoms with Crippen molar-refractivity contribution in [2.45, 2.75) is 37.8 Å². The number of fused-ring (bicyclic) bond motifs is 1. The van der Waals surface area contributed by atoms with Gasteiger partial charge in [0.25, 0.3) is 5.56 Å². The Labute approximate surface area is 111 Å². The highest BCUT2D eigenvalue weighted by Gasteiger charge is 2.21. The van der Waals surface area contributed by atoms with Gasteiger partial charge in [-0.25, -0.2) is 0 Å². The Kier molecular flexibility index (Phi) is 3.25. The van der Waals surface area contributed by atoms with Crippen molar-refractivity contribution in [3.05, 3.63) is 40.7 Å². The Bertz CT molecular complexity index is 635. The maximum atomic E-state index is 11.9. The zero-order valence-electron chi connectivity index (χ0n) is 10.8. The van der Waals surface area contributed by atoms with Crippen LogP contribution in [0.4, 0.5) is 0 Å². The summed E-state index contributed by atoms with van der Waals surface area (Å²) in [5.74, 6) is 0.544. The maximum Gasteiger partial charge on any atom is 0.258 e. The first-order valence-corrected chi connectivity index (χ1v) is 6.76. The standard InChI is InChI=1S/C15H18N2O2/c16-11-5-3-6-12(9-11)19-14-8-10-4-1-2-7-13(10)15(18)17-14/h1-2,4,7-8,11-12H,3,5-6,9,16H2,(H,17,18). The summed E-state index contributed by atoms with van der Waals surface area (Å²) >= 11 is 0. The van der Waals surface area contributed by atoms with Gasteiger partial charge in [-0.15, -0.1) is 0 Å². The van der Waals surface area contributed by atoms with Crippen LogP contribution in [0.15, 0.2) is 35.1 Å². The fraction of sp³-hybridized carbons (Fsp3) is 0.400. The quantitative estimate of drug-likeness (QED) is 0.867. The molecule has 1 aromatic carbocycles. The van der Waals surface area contributed by atoms with Gasteiger partial charge in [0.15, 0.2) is 5.88 Å². The lowest BCUT2D eigenvalue weighted by Gasteiger charge is -2.27. The number of hydrogen-bond acceptors (Lipinski definition) is 3. The Morgan fingerprint density at radius 3 is 2.95 bits per heavy atom. The molecule has 1 aromatic heterocycles. The molecular weight excluding hydrogens is 240 g/mol. The molecule has 19 heavy (non-hydrogen) atoms. The van der Waals surface area contributed by atoms with Crippen LogP contribution in [0, 0.1) is 0 Å². The lowest BCUT2D eigenvalue weighted by molar-refractivity contribution is 0.138. The first kappa shape index (κ1) is 12.2. The largest absolute Gasteiger partial charge is 0.476 e. The molecular formula is C15H18N2O2. The SMILES string of the molecule is NC1CCCC(Oc2cc3ccccc3c(=O)[nH]2)C1. The van der Waals surface area contributed by atoms with Gasteiger partial charge in [-0.3, -0.25) is 9.78 Å². The Hall–Kier alpha value is -1.81. The number of nitrogens with two attached hydrogens (primary N) is 1. The zero-order valence-corrected chi connectivity index (χ0v) is 10.8. The molecule has 0 spiro atoms. The molecule has 1 saturated carbocycles. The fourth-order valence-corrected chi connectivity index (χ4v) is 2.72. The van der Waals surface area contributed by atoms with Crippen molar-refractivity contribution < 1.29 is 4.74 Å². The number of H-pyrrole nitrogens is 1. The second-order valence-electron chi connectivity index (χ2n) is 5.22. The summed E-state index contributed by atoms with van der Waals surface area (Å²) in [4.78, 5) is 14.7. The number of ether oxygens (including phenoxy) is 1. The summed E-state index contributed by atoms with van der Waals surface area (Å²) in [5.41, 5.74) is 5.84. The van der Waals surface area contributed by atoms with E-state index in [1.807, 2.05) is 30.3 Å². The fourth-order valence-electron chi connectivity index (χ4n) is 2.72. The van der Waals surface area contributed by atoms with E-state index >= 15 is 0 Å². The predicted octanol–water partition coefficient (Wildman–Crippen LogP) is 2.18. The molecule has 0 bridgehead atoms. The van der Waals surface area contributed by atoms with Crippen molar-refractivity contribution in [2.75, 3.05) is 0 Å². The molecule has 0 radical (unpaired) electrons. The third kappa shape index (κ3) is 2.63. The number of rotatable bonds is 2. The van der Waals surface area contributed by atoms with Gasteiger partial charge in [0.2, 0.25) is 0 Å². The number of aromatic nitrogens is 1. The molecule has 100 valence electrons. The van der Waals surface area contributed by atoms with Gasteiger partial charge < -0.3 is 10.5 Å². The van der Waals surface area contributed by atoms with Crippen LogP contribution in [0.1, 0.15) is 25.7 Å². The number of aromatic amines is 1. The first-order valence-electron chi connectivity index (χ1n) is 6.76. The van der Waals surface area contributed by atoms with E-state index in [0.717, 1.165) is 31.1 Å². The third-order valence-electron chi connectivity index (χ3n) is 3.69. The molecule has 3 N–H and O–H groups in total. The van der Waals surface area contributed by atoms with Crippen LogP contribution in [-0.4, -0.2) is 17.1 Å². The monoisotopic (exact) mass is 258 g/mol. The summed E-state index contributed by atoms with van der Waals surface area (Å²) in [6, 6.07) is 9.61. The van der Waals surface area contributed by atoms with Gasteiger partial charge in [-0.2, -0.15) is 0 Å². The van der Waals surface area contributed by atoms with E-state index in [0.29, 0.717) is 11.3 Å². The van der Waals surface area contributed by atoms with E-state index < -0.39 is 0 Å². The maximum absolute atomic E-state index is 11.9. The summed E-state index contributed by atoms with van der Waals surface area (Å²) in [6.45, 7) is 0. The van der Waals surface area contributed by atoms with Crippen LogP contribution >= 0.6 is 0 Å². The molecule has 0 saturated heterocycles. The molecule has 2 atom stereocenters. The molecule has 1 heterocycles. The molecule has 1 fully saturated rings. The van der Waals surface area contributed by atoms with Crippen molar-refractivity contribution in [2.24, 2.45) is 5.73 Å². The molecule has 0 amide bonds. The Morgan fingerprint density at radius 1 is 1.26 bits per heavy atom. The van der Waals surface area contributed by atoms with Gasteiger partial charge >= 0.3 is 0 Å². The third-order valence-corrected chi connectivity index (χ3v) is 3.69. The number of pyridine rings is 1. The first-order chi connectivity index (χ1) is 9.22. The van der Waals surface area contributed by atoms with Crippen molar-refractivity contribution in [1.29, 1.82) is 0 Å². The molecule has 2 aromatic rings. The van der Waals surface area contributed by atoms with E-state index in [1.54, 1.807) is 0 Å². The second-order valence-corrected chi connectivity index (χ2v) is 5.22. The van der Waals surface area contributed by atoms with E-state index in [4.69, 9.17) is 10.5 Å². The summed E-state index contributed by atoms with van der Waals surface area (Å²) in [6.07, 6.45) is 4.12. The zero-order chi connectivity index (χ0) is 13.2. The van der Waals surface area contributed by atoms with Crippen molar-refractivity contribution >= 4 is 10.8 Å². The van der Waals surface area contributed by atoms with E-state index in [2.05, 4.69) is 4.98 Å². The van der Waals surface area contributed by atoms with E-state index in [9.17, 15) is 4.79 Å². The summed E-state index contributed by atoms with van der Waals surface area (Å²) < 4.78 is 5.88. The van der Waals surface area contributed by atoms with Crippen LogP contribution < -0.4 is 16.0 Å². The predicted molar refractivity (Wildman–Crippen MR) is 75.4 cm³/mol. The molecule has 1 aliphatic rings. The van der Waals surface area contributed by atoms with E-state index in [-0.39, 0.29) is 17.7 Å². The molecule has 1 aliphatic carbocycles. The highest BCUT2D eigenvalue weighted by molar-refractivity contribution is 5.82. The average Bonchev–Trinajstić information content (AvgIpc) is 2.39. The van der Waals surface area contributed by atoms with Gasteiger partial charge in [0.1, 0.15) is 6.10 Å². The van der Waals surface area contributed by atoms with Gasteiger partial charge in [-0.05, 0) is 37.1 Å². The lowest BCUT2D eigenvalue weighted by atomic mass is 9.94. The highest BCUT2D eigenvalue weighted by Crippen LogP contribution is 2.22. The number of nitrogens with one attached hydrogen (secondary N) is 1. The van der Waals surface area contributed by atoms with Crippen LogP contribution in [-0.2, 0) is 0 Å². The van der Waals surface area contributed by atoms with Gasteiger partial charge in [-0.1, -0.05) is 18.2 Å². The van der Waals surface area contributed by atoms with Crippen LogP contribution in [0.2, 0.25) is 0 Å². The average molecular weight is 258 g/mol. The minimum Gasteiger partial charge on any atom is -0.476 e. The molecule has 4 nitrogen and oxygen atoms in total. The molecule has 3 rings (SSSR count). The number of benzene rings is 1. The minimum atomic E-state index is -0.104. The summed E-state index contributed by atoms with van der Waals surface area (Å²) in [7, 11) is 0. The van der Waals surface area contributed by atoms with Gasteiger partial charge in [0, 0.05) is 17.5 Å². The Balaban J connectivity index is 1.87. The lowest BCUT2D eigenvalue weighted by Crippen LogP contribution is -2.34. The second kappa shape index (κ2) is 5.05. The smallest absolute Gasteiger partial charge is 0.258 e. The molecule has 0 aliphatic heterocycles. The summed E-state index contributed by atoms with van der Waals surface area (Å²) in [5, 5.41) is 1.59. The van der Waals surface area contributed by atoms with E-state index in [1.165, 1.54) is 0 Å². The van der Waals surface area contributed by atoms with Crippen molar-refractivity contribution in [3.63, 3.8) is 0 Å². The van der Waals surface area contributed by atoms with Gasteiger partial charge in [0.05, 0.1) is 0 Å². The minimum absolute atomic E-state index is 0.104. The normalized spacial score (nSPS) is 23.4. The van der Waals surface area contributed by atoms with Crippen LogP contribution in [0.5, 0.6) is 5.88 Å².